The molecule has 1 N–H and O–H groups in total. The summed E-state index contributed by atoms with van der Waals surface area (Å²) in [4.78, 5) is 26.0. The number of hydrogen-bond acceptors (Lipinski definition) is 2. The molecule has 122 valence electrons. The summed E-state index contributed by atoms with van der Waals surface area (Å²) < 4.78 is 39.6. The van der Waals surface area contributed by atoms with Gasteiger partial charge in [0.05, 0.1) is 5.69 Å². The molecular formula is C15H19F3N2O2. The van der Waals surface area contributed by atoms with Crippen molar-refractivity contribution < 1.29 is 22.8 Å². The molecule has 4 nitrogen and oxygen atoms in total. The molecular weight excluding hydrogens is 297 g/mol. The fourth-order valence-electron chi connectivity index (χ4n) is 1.90. The van der Waals surface area contributed by atoms with Crippen molar-refractivity contribution in [3.63, 3.8) is 0 Å². The third-order valence-corrected chi connectivity index (χ3v) is 3.44. The second-order valence-corrected chi connectivity index (χ2v) is 5.28. The number of carbonyl (C=O) groups excluding carboxylic acids is 2. The molecule has 0 bridgehead atoms. The van der Waals surface area contributed by atoms with Gasteiger partial charge < -0.3 is 10.2 Å². The predicted molar refractivity (Wildman–Crippen MR) is 76.7 cm³/mol. The maximum absolute atomic E-state index is 13.6. The lowest BCUT2D eigenvalue weighted by atomic mass is 9.90. The van der Waals surface area contributed by atoms with Crippen molar-refractivity contribution in [2.24, 2.45) is 5.41 Å². The summed E-state index contributed by atoms with van der Waals surface area (Å²) in [6.07, 6.45) is 0. The first kappa shape index (κ1) is 18.0. The van der Waals surface area contributed by atoms with Crippen LogP contribution in [0.1, 0.15) is 27.7 Å². The maximum Gasteiger partial charge on any atom is 0.239 e. The van der Waals surface area contributed by atoms with E-state index >= 15 is 0 Å². The molecule has 0 saturated carbocycles. The Morgan fingerprint density at radius 2 is 1.64 bits per heavy atom. The monoisotopic (exact) mass is 316 g/mol. The first-order chi connectivity index (χ1) is 10.2. The SMILES string of the molecule is CCN(CC)C(=O)C(C)(C)C(=O)Nc1ccc(F)c(F)c1F. The second-order valence-electron chi connectivity index (χ2n) is 5.28. The van der Waals surface area contributed by atoms with E-state index in [1.165, 1.54) is 18.7 Å². The smallest absolute Gasteiger partial charge is 0.239 e. The molecule has 1 aromatic rings. The van der Waals surface area contributed by atoms with Crippen LogP contribution in [-0.2, 0) is 9.59 Å². The molecule has 0 radical (unpaired) electrons. The Morgan fingerprint density at radius 3 is 2.14 bits per heavy atom. The summed E-state index contributed by atoms with van der Waals surface area (Å²) in [5.74, 6) is -5.76. The maximum atomic E-state index is 13.6. The number of benzene rings is 1. The molecule has 7 heteroatoms. The summed E-state index contributed by atoms with van der Waals surface area (Å²) in [5.41, 5.74) is -1.98. The van der Waals surface area contributed by atoms with Crippen molar-refractivity contribution in [1.82, 2.24) is 4.90 Å². The average Bonchev–Trinajstić information content (AvgIpc) is 2.48. The molecule has 1 rings (SSSR count). The van der Waals surface area contributed by atoms with Gasteiger partial charge in [-0.25, -0.2) is 13.2 Å². The summed E-state index contributed by atoms with van der Waals surface area (Å²) in [6, 6.07) is 1.61. The topological polar surface area (TPSA) is 49.4 Å². The van der Waals surface area contributed by atoms with E-state index in [2.05, 4.69) is 5.32 Å². The Morgan fingerprint density at radius 1 is 1.09 bits per heavy atom. The number of nitrogens with one attached hydrogen (secondary N) is 1. The number of nitrogens with zero attached hydrogens (tertiary/aromatic N) is 1. The van der Waals surface area contributed by atoms with Crippen LogP contribution in [0.2, 0.25) is 0 Å². The molecule has 2 amide bonds. The van der Waals surface area contributed by atoms with E-state index in [0.717, 1.165) is 6.07 Å². The van der Waals surface area contributed by atoms with Crippen LogP contribution in [0.3, 0.4) is 0 Å². The molecule has 1 aromatic carbocycles. The van der Waals surface area contributed by atoms with E-state index in [1.54, 1.807) is 13.8 Å². The number of halogens is 3. The van der Waals surface area contributed by atoms with Gasteiger partial charge in [0, 0.05) is 13.1 Å². The Labute approximate surface area is 127 Å². The fourth-order valence-corrected chi connectivity index (χ4v) is 1.90. The molecule has 22 heavy (non-hydrogen) atoms. The highest BCUT2D eigenvalue weighted by atomic mass is 19.2. The van der Waals surface area contributed by atoms with Gasteiger partial charge in [-0.15, -0.1) is 0 Å². The highest BCUT2D eigenvalue weighted by molar-refractivity contribution is 6.09. The Kier molecular flexibility index (Phi) is 5.57. The van der Waals surface area contributed by atoms with E-state index in [-0.39, 0.29) is 0 Å². The van der Waals surface area contributed by atoms with E-state index in [0.29, 0.717) is 19.2 Å². The summed E-state index contributed by atoms with van der Waals surface area (Å²) in [7, 11) is 0. The van der Waals surface area contributed by atoms with Gasteiger partial charge in [-0.1, -0.05) is 0 Å². The van der Waals surface area contributed by atoms with Crippen molar-refractivity contribution in [2.45, 2.75) is 27.7 Å². The van der Waals surface area contributed by atoms with Crippen LogP contribution in [0.4, 0.5) is 18.9 Å². The summed E-state index contributed by atoms with van der Waals surface area (Å²) in [5, 5.41) is 2.13. The van der Waals surface area contributed by atoms with E-state index in [4.69, 9.17) is 0 Å². The Balaban J connectivity index is 3.01. The quantitative estimate of drug-likeness (QED) is 0.671. The molecule has 0 aromatic heterocycles. The minimum atomic E-state index is -1.68. The zero-order valence-electron chi connectivity index (χ0n) is 13.0. The van der Waals surface area contributed by atoms with Crippen molar-refractivity contribution in [2.75, 3.05) is 18.4 Å². The third kappa shape index (κ3) is 3.40. The van der Waals surface area contributed by atoms with Gasteiger partial charge in [0.1, 0.15) is 5.41 Å². The van der Waals surface area contributed by atoms with Crippen LogP contribution >= 0.6 is 0 Å². The molecule has 0 unspecified atom stereocenters. The standard InChI is InChI=1S/C15H19F3N2O2/c1-5-20(6-2)14(22)15(3,4)13(21)19-10-8-7-9(16)11(17)12(10)18/h7-8H,5-6H2,1-4H3,(H,19,21). The highest BCUT2D eigenvalue weighted by Crippen LogP contribution is 2.25. The number of carbonyl (C=O) groups is 2. The number of rotatable bonds is 5. The average molecular weight is 316 g/mol. The lowest BCUT2D eigenvalue weighted by Gasteiger charge is -2.29. The zero-order valence-corrected chi connectivity index (χ0v) is 13.0. The number of amides is 2. The van der Waals surface area contributed by atoms with Crippen molar-refractivity contribution in [3.05, 3.63) is 29.6 Å². The van der Waals surface area contributed by atoms with Crippen molar-refractivity contribution >= 4 is 17.5 Å². The highest BCUT2D eigenvalue weighted by Gasteiger charge is 2.38. The second kappa shape index (κ2) is 6.81. The van der Waals surface area contributed by atoms with Gasteiger partial charge in [0.25, 0.3) is 0 Å². The predicted octanol–water partition coefficient (Wildman–Crippen LogP) is 2.94. The minimum Gasteiger partial charge on any atom is -0.342 e. The largest absolute Gasteiger partial charge is 0.342 e. The van der Waals surface area contributed by atoms with Gasteiger partial charge in [-0.05, 0) is 39.8 Å². The molecule has 0 aliphatic heterocycles. The van der Waals surface area contributed by atoms with E-state index < -0.39 is 40.4 Å². The Hall–Kier alpha value is -2.05. The van der Waals surface area contributed by atoms with E-state index in [9.17, 15) is 22.8 Å². The van der Waals surface area contributed by atoms with Gasteiger partial charge in [-0.3, -0.25) is 9.59 Å². The summed E-state index contributed by atoms with van der Waals surface area (Å²) in [6.45, 7) is 7.16. The Bertz CT molecular complexity index is 584. The van der Waals surface area contributed by atoms with Gasteiger partial charge in [0.15, 0.2) is 17.5 Å². The molecule has 0 heterocycles. The molecule has 0 atom stereocenters. The first-order valence-electron chi connectivity index (χ1n) is 6.91. The number of anilines is 1. The number of hydrogen-bond donors (Lipinski definition) is 1. The lowest BCUT2D eigenvalue weighted by Crippen LogP contribution is -2.47. The van der Waals surface area contributed by atoms with Gasteiger partial charge >= 0.3 is 0 Å². The molecule has 0 fully saturated rings. The molecule has 0 saturated heterocycles. The van der Waals surface area contributed by atoms with Crippen LogP contribution in [0.15, 0.2) is 12.1 Å². The third-order valence-electron chi connectivity index (χ3n) is 3.44. The van der Waals surface area contributed by atoms with Crippen LogP contribution in [-0.4, -0.2) is 29.8 Å². The van der Waals surface area contributed by atoms with Crippen LogP contribution in [0, 0.1) is 22.9 Å². The molecule has 0 aliphatic rings. The lowest BCUT2D eigenvalue weighted by molar-refractivity contribution is -0.146. The van der Waals surface area contributed by atoms with Crippen LogP contribution in [0.25, 0.3) is 0 Å². The first-order valence-corrected chi connectivity index (χ1v) is 6.91. The van der Waals surface area contributed by atoms with Gasteiger partial charge in [-0.2, -0.15) is 0 Å². The molecule has 0 spiro atoms. The fraction of sp³-hybridized carbons (Fsp3) is 0.467. The van der Waals surface area contributed by atoms with Crippen molar-refractivity contribution in [1.29, 1.82) is 0 Å². The zero-order chi connectivity index (χ0) is 17.1. The van der Waals surface area contributed by atoms with E-state index in [1.807, 2.05) is 0 Å². The molecule has 0 aliphatic carbocycles. The van der Waals surface area contributed by atoms with Crippen LogP contribution < -0.4 is 5.32 Å². The van der Waals surface area contributed by atoms with Gasteiger partial charge in [0.2, 0.25) is 11.8 Å². The summed E-state index contributed by atoms with van der Waals surface area (Å²) >= 11 is 0. The van der Waals surface area contributed by atoms with Crippen molar-refractivity contribution in [3.8, 4) is 0 Å². The van der Waals surface area contributed by atoms with Crippen LogP contribution in [0.5, 0.6) is 0 Å². The minimum absolute atomic E-state index is 0.422. The normalized spacial score (nSPS) is 11.2.